The Morgan fingerprint density at radius 1 is 1.08 bits per heavy atom. The van der Waals surface area contributed by atoms with Gasteiger partial charge in [-0.15, -0.1) is 0 Å². The molecule has 0 aromatic heterocycles. The number of urea groups is 1. The van der Waals surface area contributed by atoms with Gasteiger partial charge in [-0.2, -0.15) is 0 Å². The predicted molar refractivity (Wildman–Crippen MR) is 88.0 cm³/mol. The van der Waals surface area contributed by atoms with Crippen molar-refractivity contribution in [2.75, 3.05) is 39.3 Å². The number of imide groups is 1. The quantitative estimate of drug-likeness (QED) is 0.800. The van der Waals surface area contributed by atoms with Crippen molar-refractivity contribution in [3.05, 3.63) is 35.6 Å². The van der Waals surface area contributed by atoms with Crippen LogP contribution in [0.2, 0.25) is 0 Å². The summed E-state index contributed by atoms with van der Waals surface area (Å²) in [5.41, 5.74) is 1.04. The molecule has 1 aromatic carbocycles. The standard InChI is InChI=1S/C17H21FN4O3/c18-14-4-2-13(3-5-14)10-20-6-1-7-21(9-8-20)16(24)12-22-11-15(23)19-17(22)25/h2-5H,1,6-12H2,(H,19,23,25). The molecule has 0 saturated carbocycles. The zero-order chi connectivity index (χ0) is 17.8. The summed E-state index contributed by atoms with van der Waals surface area (Å²) in [7, 11) is 0. The van der Waals surface area contributed by atoms with Gasteiger partial charge in [0.15, 0.2) is 0 Å². The molecule has 2 fully saturated rings. The van der Waals surface area contributed by atoms with Crippen molar-refractivity contribution in [3.63, 3.8) is 0 Å². The summed E-state index contributed by atoms with van der Waals surface area (Å²) >= 11 is 0. The second-order valence-electron chi connectivity index (χ2n) is 6.35. The molecule has 8 heteroatoms. The Balaban J connectivity index is 1.50. The van der Waals surface area contributed by atoms with Crippen molar-refractivity contribution >= 4 is 17.8 Å². The SMILES string of the molecule is O=C1CN(CC(=O)N2CCCN(Cc3ccc(F)cc3)CC2)C(=O)N1. The highest BCUT2D eigenvalue weighted by Gasteiger charge is 2.30. The third kappa shape index (κ3) is 4.54. The molecule has 2 heterocycles. The zero-order valence-electron chi connectivity index (χ0n) is 13.9. The minimum absolute atomic E-state index is 0.0604. The van der Waals surface area contributed by atoms with E-state index < -0.39 is 6.03 Å². The summed E-state index contributed by atoms with van der Waals surface area (Å²) < 4.78 is 13.0. The maximum Gasteiger partial charge on any atom is 0.325 e. The number of amides is 4. The molecule has 0 radical (unpaired) electrons. The van der Waals surface area contributed by atoms with Gasteiger partial charge in [0, 0.05) is 32.7 Å². The highest BCUT2D eigenvalue weighted by atomic mass is 19.1. The van der Waals surface area contributed by atoms with Gasteiger partial charge >= 0.3 is 6.03 Å². The first-order chi connectivity index (χ1) is 12.0. The molecular weight excluding hydrogens is 327 g/mol. The molecule has 1 N–H and O–H groups in total. The van der Waals surface area contributed by atoms with E-state index in [1.54, 1.807) is 17.0 Å². The maximum absolute atomic E-state index is 13.0. The summed E-state index contributed by atoms with van der Waals surface area (Å²) in [6.07, 6.45) is 0.831. The Hall–Kier alpha value is -2.48. The molecule has 0 spiro atoms. The van der Waals surface area contributed by atoms with Gasteiger partial charge in [0.25, 0.3) is 0 Å². The van der Waals surface area contributed by atoms with Crippen LogP contribution >= 0.6 is 0 Å². The van der Waals surface area contributed by atoms with Crippen molar-refractivity contribution in [2.24, 2.45) is 0 Å². The van der Waals surface area contributed by atoms with E-state index in [0.29, 0.717) is 26.2 Å². The molecule has 2 aliphatic heterocycles. The maximum atomic E-state index is 13.0. The molecule has 25 heavy (non-hydrogen) atoms. The van der Waals surface area contributed by atoms with Crippen LogP contribution in [0.4, 0.5) is 9.18 Å². The second-order valence-corrected chi connectivity index (χ2v) is 6.35. The number of hydrogen-bond donors (Lipinski definition) is 1. The highest BCUT2D eigenvalue weighted by molar-refractivity contribution is 6.03. The number of carbonyl (C=O) groups is 3. The lowest BCUT2D eigenvalue weighted by molar-refractivity contribution is -0.131. The average Bonchev–Trinajstić information content (AvgIpc) is 2.76. The summed E-state index contributed by atoms with van der Waals surface area (Å²) in [6, 6.07) is 5.93. The Bertz CT molecular complexity index is 664. The number of nitrogens with zero attached hydrogens (tertiary/aromatic N) is 3. The summed E-state index contributed by atoms with van der Waals surface area (Å²) in [5, 5.41) is 2.17. The first kappa shape index (κ1) is 17.3. The van der Waals surface area contributed by atoms with E-state index in [0.717, 1.165) is 18.5 Å². The van der Waals surface area contributed by atoms with Gasteiger partial charge in [-0.05, 0) is 24.1 Å². The van der Waals surface area contributed by atoms with E-state index in [1.807, 2.05) is 0 Å². The van der Waals surface area contributed by atoms with Crippen LogP contribution in [0, 0.1) is 5.82 Å². The topological polar surface area (TPSA) is 73.0 Å². The molecule has 0 atom stereocenters. The van der Waals surface area contributed by atoms with E-state index in [4.69, 9.17) is 0 Å². The third-order valence-corrected chi connectivity index (χ3v) is 4.45. The van der Waals surface area contributed by atoms with Gasteiger partial charge in [-0.1, -0.05) is 12.1 Å². The van der Waals surface area contributed by atoms with Crippen molar-refractivity contribution in [1.29, 1.82) is 0 Å². The van der Waals surface area contributed by atoms with E-state index in [9.17, 15) is 18.8 Å². The van der Waals surface area contributed by atoms with Gasteiger partial charge < -0.3 is 9.80 Å². The van der Waals surface area contributed by atoms with Crippen LogP contribution in [-0.2, 0) is 16.1 Å². The van der Waals surface area contributed by atoms with Crippen molar-refractivity contribution in [1.82, 2.24) is 20.0 Å². The fourth-order valence-electron chi connectivity index (χ4n) is 3.10. The largest absolute Gasteiger partial charge is 0.340 e. The monoisotopic (exact) mass is 348 g/mol. The normalized spacial score (nSPS) is 19.1. The minimum Gasteiger partial charge on any atom is -0.340 e. The average molecular weight is 348 g/mol. The smallest absolute Gasteiger partial charge is 0.325 e. The van der Waals surface area contributed by atoms with Crippen molar-refractivity contribution < 1.29 is 18.8 Å². The van der Waals surface area contributed by atoms with E-state index in [-0.39, 0.29) is 30.7 Å². The summed E-state index contributed by atoms with van der Waals surface area (Å²) in [6.45, 7) is 3.35. The highest BCUT2D eigenvalue weighted by Crippen LogP contribution is 2.11. The number of halogens is 1. The number of carbonyl (C=O) groups excluding carboxylic acids is 3. The first-order valence-electron chi connectivity index (χ1n) is 8.34. The Labute approximate surface area is 145 Å². The summed E-state index contributed by atoms with van der Waals surface area (Å²) in [5.74, 6) is -0.770. The predicted octanol–water partition coefficient (Wildman–Crippen LogP) is 0.412. The molecule has 0 aliphatic carbocycles. The Morgan fingerprint density at radius 3 is 2.52 bits per heavy atom. The van der Waals surface area contributed by atoms with Gasteiger partial charge in [0.1, 0.15) is 18.9 Å². The van der Waals surface area contributed by atoms with E-state index in [1.165, 1.54) is 17.0 Å². The molecule has 0 unspecified atom stereocenters. The molecule has 134 valence electrons. The van der Waals surface area contributed by atoms with Gasteiger partial charge in [-0.25, -0.2) is 9.18 Å². The zero-order valence-corrected chi connectivity index (χ0v) is 13.9. The summed E-state index contributed by atoms with van der Waals surface area (Å²) in [4.78, 5) is 40.3. The fraction of sp³-hybridized carbons (Fsp3) is 0.471. The van der Waals surface area contributed by atoms with Gasteiger partial charge in [0.2, 0.25) is 11.8 Å². The van der Waals surface area contributed by atoms with Crippen LogP contribution in [0.25, 0.3) is 0 Å². The van der Waals surface area contributed by atoms with Crippen LogP contribution in [0.1, 0.15) is 12.0 Å². The van der Waals surface area contributed by atoms with Crippen molar-refractivity contribution in [2.45, 2.75) is 13.0 Å². The van der Waals surface area contributed by atoms with Crippen LogP contribution in [0.5, 0.6) is 0 Å². The molecular formula is C17H21FN4O3. The molecule has 2 saturated heterocycles. The number of hydrogen-bond acceptors (Lipinski definition) is 4. The molecule has 7 nitrogen and oxygen atoms in total. The third-order valence-electron chi connectivity index (χ3n) is 4.45. The van der Waals surface area contributed by atoms with E-state index in [2.05, 4.69) is 10.2 Å². The molecule has 2 aliphatic rings. The first-order valence-corrected chi connectivity index (χ1v) is 8.34. The van der Waals surface area contributed by atoms with Crippen LogP contribution in [0.15, 0.2) is 24.3 Å². The van der Waals surface area contributed by atoms with E-state index >= 15 is 0 Å². The molecule has 3 rings (SSSR count). The molecule has 4 amide bonds. The van der Waals surface area contributed by atoms with Crippen LogP contribution < -0.4 is 5.32 Å². The van der Waals surface area contributed by atoms with Crippen molar-refractivity contribution in [3.8, 4) is 0 Å². The van der Waals surface area contributed by atoms with Crippen LogP contribution in [0.3, 0.4) is 0 Å². The number of nitrogens with one attached hydrogen (secondary N) is 1. The number of rotatable bonds is 4. The second kappa shape index (κ2) is 7.60. The Kier molecular flexibility index (Phi) is 5.28. The van der Waals surface area contributed by atoms with Gasteiger partial charge in [-0.3, -0.25) is 19.8 Å². The van der Waals surface area contributed by atoms with Crippen LogP contribution in [-0.4, -0.2) is 71.8 Å². The molecule has 1 aromatic rings. The lowest BCUT2D eigenvalue weighted by Gasteiger charge is -2.24. The lowest BCUT2D eigenvalue weighted by Crippen LogP contribution is -2.43. The molecule has 0 bridgehead atoms. The Morgan fingerprint density at radius 2 is 1.84 bits per heavy atom. The fourth-order valence-corrected chi connectivity index (χ4v) is 3.10. The number of benzene rings is 1. The minimum atomic E-state index is -0.508. The lowest BCUT2D eigenvalue weighted by atomic mass is 10.2. The van der Waals surface area contributed by atoms with Gasteiger partial charge in [0.05, 0.1) is 0 Å².